The molecule has 0 spiro atoms. The van der Waals surface area contributed by atoms with Crippen molar-refractivity contribution in [2.24, 2.45) is 0 Å². The molecule has 0 aliphatic carbocycles. The molecule has 0 aromatic carbocycles. The van der Waals surface area contributed by atoms with E-state index < -0.39 is 0 Å². The molecule has 1 atom stereocenters. The largest absolute Gasteiger partial charge is 0.162 e. The molecule has 0 aliphatic heterocycles. The van der Waals surface area contributed by atoms with Gasteiger partial charge in [-0.05, 0) is 19.1 Å². The van der Waals surface area contributed by atoms with Crippen LogP contribution in [0.5, 0.6) is 0 Å². The molecule has 0 aromatic heterocycles. The summed E-state index contributed by atoms with van der Waals surface area (Å²) in [5.41, 5.74) is 0. The maximum atomic E-state index is 5.20. The molecule has 0 fully saturated rings. The third-order valence-corrected chi connectivity index (χ3v) is 2.18. The summed E-state index contributed by atoms with van der Waals surface area (Å²) in [6.07, 6.45) is 6.10. The Morgan fingerprint density at radius 2 is 2.38 bits per heavy atom. The van der Waals surface area contributed by atoms with Crippen LogP contribution in [0.1, 0.15) is 19.8 Å². The Hall–Kier alpha value is 0.0900. The van der Waals surface area contributed by atoms with Crippen molar-refractivity contribution < 1.29 is 0 Å². The van der Waals surface area contributed by atoms with Gasteiger partial charge in [-0.25, -0.2) is 0 Å². The van der Waals surface area contributed by atoms with Gasteiger partial charge in [-0.2, -0.15) is 11.8 Å². The molecule has 0 saturated heterocycles. The minimum atomic E-state index is 0.759. The SMILES string of the molecule is [CH]=CCCC(C)SC. The molecule has 0 aliphatic rings. The number of hydrogen-bond acceptors (Lipinski definition) is 1. The van der Waals surface area contributed by atoms with Crippen molar-refractivity contribution in [3.05, 3.63) is 12.7 Å². The van der Waals surface area contributed by atoms with Gasteiger partial charge in [-0.1, -0.05) is 19.6 Å². The molecule has 0 bridgehead atoms. The maximum absolute atomic E-state index is 5.20. The summed E-state index contributed by atoms with van der Waals surface area (Å²) < 4.78 is 0. The average molecular weight is 129 g/mol. The molecule has 0 aromatic rings. The van der Waals surface area contributed by atoms with Crippen LogP contribution in [0.4, 0.5) is 0 Å². The monoisotopic (exact) mass is 129 g/mol. The average Bonchev–Trinajstić information content (AvgIpc) is 1.83. The van der Waals surface area contributed by atoms with Gasteiger partial charge in [0, 0.05) is 5.25 Å². The fourth-order valence-electron chi connectivity index (χ4n) is 0.449. The van der Waals surface area contributed by atoms with Gasteiger partial charge >= 0.3 is 0 Å². The van der Waals surface area contributed by atoms with Gasteiger partial charge in [-0.3, -0.25) is 0 Å². The summed E-state index contributed by atoms with van der Waals surface area (Å²) in [6.45, 7) is 7.41. The topological polar surface area (TPSA) is 0 Å². The maximum Gasteiger partial charge on any atom is 0.00188 e. The second-order valence-corrected chi connectivity index (χ2v) is 3.14. The molecular formula is C7H13S. The molecule has 0 rings (SSSR count). The highest BCUT2D eigenvalue weighted by atomic mass is 32.2. The molecule has 1 heteroatoms. The first-order valence-electron chi connectivity index (χ1n) is 2.87. The normalized spacial score (nSPS) is 13.2. The van der Waals surface area contributed by atoms with Crippen LogP contribution in [-0.2, 0) is 0 Å². The van der Waals surface area contributed by atoms with E-state index in [9.17, 15) is 0 Å². The predicted octanol–water partition coefficient (Wildman–Crippen LogP) is 2.51. The van der Waals surface area contributed by atoms with E-state index in [1.807, 2.05) is 11.8 Å². The molecule has 1 unspecified atom stereocenters. The highest BCUT2D eigenvalue weighted by Gasteiger charge is 1.94. The van der Waals surface area contributed by atoms with Gasteiger partial charge < -0.3 is 0 Å². The van der Waals surface area contributed by atoms with Crippen LogP contribution in [0.25, 0.3) is 0 Å². The quantitative estimate of drug-likeness (QED) is 0.562. The number of hydrogen-bond donors (Lipinski definition) is 0. The zero-order valence-electron chi connectivity index (χ0n) is 5.55. The predicted molar refractivity (Wildman–Crippen MR) is 41.1 cm³/mol. The first kappa shape index (κ1) is 8.09. The van der Waals surface area contributed by atoms with E-state index in [4.69, 9.17) is 6.58 Å². The van der Waals surface area contributed by atoms with E-state index in [1.165, 1.54) is 6.42 Å². The van der Waals surface area contributed by atoms with Crippen molar-refractivity contribution in [1.29, 1.82) is 0 Å². The zero-order valence-corrected chi connectivity index (χ0v) is 6.37. The molecule has 0 saturated carbocycles. The fourth-order valence-corrected chi connectivity index (χ4v) is 0.821. The van der Waals surface area contributed by atoms with E-state index in [2.05, 4.69) is 13.2 Å². The third-order valence-electron chi connectivity index (χ3n) is 1.14. The first-order chi connectivity index (χ1) is 3.81. The number of allylic oxidation sites excluding steroid dienone is 1. The van der Waals surface area contributed by atoms with Crippen molar-refractivity contribution in [2.45, 2.75) is 25.0 Å². The summed E-state index contributed by atoms with van der Waals surface area (Å²) in [5, 5.41) is 0.759. The van der Waals surface area contributed by atoms with E-state index >= 15 is 0 Å². The molecule has 0 nitrogen and oxygen atoms in total. The minimum Gasteiger partial charge on any atom is -0.162 e. The summed E-state index contributed by atoms with van der Waals surface area (Å²) in [7, 11) is 0. The Morgan fingerprint density at radius 3 is 2.75 bits per heavy atom. The van der Waals surface area contributed by atoms with E-state index in [-0.39, 0.29) is 0 Å². The lowest BCUT2D eigenvalue weighted by Gasteiger charge is -2.02. The molecule has 8 heavy (non-hydrogen) atoms. The van der Waals surface area contributed by atoms with E-state index in [0.717, 1.165) is 11.7 Å². The fraction of sp³-hybridized carbons (Fsp3) is 0.714. The van der Waals surface area contributed by atoms with Gasteiger partial charge in [0.2, 0.25) is 0 Å². The molecular weight excluding hydrogens is 116 g/mol. The van der Waals surface area contributed by atoms with Crippen LogP contribution >= 0.6 is 11.8 Å². The summed E-state index contributed by atoms with van der Waals surface area (Å²) >= 11 is 1.89. The van der Waals surface area contributed by atoms with Gasteiger partial charge in [0.15, 0.2) is 0 Å². The molecule has 47 valence electrons. The molecule has 1 radical (unpaired) electrons. The first-order valence-corrected chi connectivity index (χ1v) is 4.16. The smallest absolute Gasteiger partial charge is 0.00188 e. The van der Waals surface area contributed by atoms with Crippen molar-refractivity contribution in [3.63, 3.8) is 0 Å². The zero-order chi connectivity index (χ0) is 6.41. The second-order valence-electron chi connectivity index (χ2n) is 1.86. The Morgan fingerprint density at radius 1 is 1.75 bits per heavy atom. The van der Waals surface area contributed by atoms with Crippen molar-refractivity contribution in [1.82, 2.24) is 0 Å². The van der Waals surface area contributed by atoms with Crippen LogP contribution in [-0.4, -0.2) is 11.5 Å². The standard InChI is InChI=1S/C7H13S/c1-4-5-6-7(2)8-3/h1,4,7H,5-6H2,2-3H3. The highest BCUT2D eigenvalue weighted by molar-refractivity contribution is 7.99. The summed E-state index contributed by atoms with van der Waals surface area (Å²) in [4.78, 5) is 0. The highest BCUT2D eigenvalue weighted by Crippen LogP contribution is 2.11. The number of thioether (sulfide) groups is 1. The molecule has 0 heterocycles. The van der Waals surface area contributed by atoms with Crippen molar-refractivity contribution in [3.8, 4) is 0 Å². The Bertz CT molecular complexity index is 59.4. The summed E-state index contributed by atoms with van der Waals surface area (Å²) in [6, 6.07) is 0. The lowest BCUT2D eigenvalue weighted by atomic mass is 10.2. The van der Waals surface area contributed by atoms with Crippen molar-refractivity contribution in [2.75, 3.05) is 6.26 Å². The Kier molecular flexibility index (Phi) is 5.29. The van der Waals surface area contributed by atoms with Gasteiger partial charge in [0.1, 0.15) is 0 Å². The van der Waals surface area contributed by atoms with Crippen LogP contribution < -0.4 is 0 Å². The summed E-state index contributed by atoms with van der Waals surface area (Å²) in [5.74, 6) is 0. The third kappa shape index (κ3) is 4.25. The van der Waals surface area contributed by atoms with Crippen LogP contribution in [0, 0.1) is 6.58 Å². The molecule has 0 amide bonds. The van der Waals surface area contributed by atoms with Crippen molar-refractivity contribution >= 4 is 11.8 Å². The van der Waals surface area contributed by atoms with Gasteiger partial charge in [0.25, 0.3) is 0 Å². The lowest BCUT2D eigenvalue weighted by Crippen LogP contribution is -1.91. The Balaban J connectivity index is 2.97. The van der Waals surface area contributed by atoms with E-state index in [1.54, 1.807) is 6.08 Å². The van der Waals surface area contributed by atoms with Gasteiger partial charge in [-0.15, -0.1) is 0 Å². The second kappa shape index (κ2) is 5.23. The Labute approximate surface area is 56.4 Å². The number of rotatable bonds is 4. The van der Waals surface area contributed by atoms with E-state index in [0.29, 0.717) is 0 Å². The lowest BCUT2D eigenvalue weighted by molar-refractivity contribution is 0.834. The van der Waals surface area contributed by atoms with Gasteiger partial charge in [0.05, 0.1) is 0 Å². The minimum absolute atomic E-state index is 0.759. The molecule has 0 N–H and O–H groups in total. The van der Waals surface area contributed by atoms with Crippen LogP contribution in [0.3, 0.4) is 0 Å². The van der Waals surface area contributed by atoms with Crippen LogP contribution in [0.15, 0.2) is 6.08 Å². The van der Waals surface area contributed by atoms with Crippen LogP contribution in [0.2, 0.25) is 0 Å².